The molecule has 0 aliphatic heterocycles. The Morgan fingerprint density at radius 3 is 2.51 bits per heavy atom. The van der Waals surface area contributed by atoms with Crippen LogP contribution in [0.4, 0.5) is 5.69 Å². The quantitative estimate of drug-likeness (QED) is 0.346. The number of nitrogens with zero attached hydrogens (tertiary/aromatic N) is 2. The number of amides is 1. The highest BCUT2D eigenvalue weighted by molar-refractivity contribution is 7.25. The van der Waals surface area contributed by atoms with Gasteiger partial charge in [0.1, 0.15) is 17.0 Å². The monoisotopic (exact) mass is 487 g/mol. The van der Waals surface area contributed by atoms with Gasteiger partial charge in [-0.1, -0.05) is 37.3 Å². The van der Waals surface area contributed by atoms with E-state index in [0.717, 1.165) is 14.7 Å². The molecule has 1 N–H and O–H groups in total. The number of furan rings is 1. The maximum atomic E-state index is 13.5. The lowest BCUT2D eigenvalue weighted by atomic mass is 10.1. The summed E-state index contributed by atoms with van der Waals surface area (Å²) in [4.78, 5) is 52.3. The number of fused-ring (bicyclic) bond motifs is 3. The van der Waals surface area contributed by atoms with Gasteiger partial charge in [-0.05, 0) is 30.3 Å². The summed E-state index contributed by atoms with van der Waals surface area (Å²) >= 11 is 1.28. The zero-order valence-corrected chi connectivity index (χ0v) is 19.6. The summed E-state index contributed by atoms with van der Waals surface area (Å²) in [7, 11) is 0. The Balaban J connectivity index is 1.63. The highest BCUT2D eigenvalue weighted by atomic mass is 32.1. The number of thiophene rings is 1. The van der Waals surface area contributed by atoms with Crippen molar-refractivity contribution in [3.8, 4) is 0 Å². The minimum Gasteiger partial charge on any atom is -0.467 e. The van der Waals surface area contributed by atoms with Crippen molar-refractivity contribution in [3.63, 3.8) is 0 Å². The number of rotatable bonds is 7. The molecule has 35 heavy (non-hydrogen) atoms. The zero-order chi connectivity index (χ0) is 24.5. The lowest BCUT2D eigenvalue weighted by Gasteiger charge is -2.13. The lowest BCUT2D eigenvalue weighted by molar-refractivity contribution is -0.116. The minimum atomic E-state index is -0.615. The Kier molecular flexibility index (Phi) is 5.92. The van der Waals surface area contributed by atoms with Crippen LogP contribution in [0.5, 0.6) is 0 Å². The average Bonchev–Trinajstić information content (AvgIpc) is 3.52. The van der Waals surface area contributed by atoms with E-state index in [0.29, 0.717) is 33.6 Å². The zero-order valence-electron chi connectivity index (χ0n) is 18.8. The van der Waals surface area contributed by atoms with Gasteiger partial charge in [0, 0.05) is 22.1 Å². The fourth-order valence-electron chi connectivity index (χ4n) is 4.10. The van der Waals surface area contributed by atoms with Crippen molar-refractivity contribution in [1.29, 1.82) is 0 Å². The van der Waals surface area contributed by atoms with Gasteiger partial charge in [-0.2, -0.15) is 0 Å². The lowest BCUT2D eigenvalue weighted by Crippen LogP contribution is -2.41. The van der Waals surface area contributed by atoms with Crippen LogP contribution in [0.15, 0.2) is 80.9 Å². The van der Waals surface area contributed by atoms with Crippen LogP contribution < -0.4 is 16.6 Å². The Morgan fingerprint density at radius 1 is 0.971 bits per heavy atom. The molecule has 3 heterocycles. The van der Waals surface area contributed by atoms with Crippen molar-refractivity contribution in [1.82, 2.24) is 9.13 Å². The van der Waals surface area contributed by atoms with E-state index >= 15 is 0 Å². The van der Waals surface area contributed by atoms with Gasteiger partial charge in [0.15, 0.2) is 5.78 Å². The smallest absolute Gasteiger partial charge is 0.332 e. The molecule has 0 bridgehead atoms. The molecule has 3 aromatic heterocycles. The summed E-state index contributed by atoms with van der Waals surface area (Å²) in [6.07, 6.45) is 1.77. The topological polar surface area (TPSA) is 103 Å². The summed E-state index contributed by atoms with van der Waals surface area (Å²) in [6, 6.07) is 17.5. The third-order valence-electron chi connectivity index (χ3n) is 5.76. The van der Waals surface area contributed by atoms with Crippen LogP contribution in [0, 0.1) is 0 Å². The van der Waals surface area contributed by atoms with Crippen molar-refractivity contribution < 1.29 is 14.0 Å². The second kappa shape index (κ2) is 9.19. The largest absolute Gasteiger partial charge is 0.467 e. The van der Waals surface area contributed by atoms with E-state index in [1.165, 1.54) is 22.2 Å². The molecule has 0 saturated carbocycles. The molecule has 9 heteroatoms. The van der Waals surface area contributed by atoms with Crippen LogP contribution >= 0.6 is 11.3 Å². The van der Waals surface area contributed by atoms with Crippen molar-refractivity contribution in [2.24, 2.45) is 0 Å². The number of carbonyl (C=O) groups is 2. The van der Waals surface area contributed by atoms with Gasteiger partial charge in [-0.3, -0.25) is 23.5 Å². The van der Waals surface area contributed by atoms with Crippen LogP contribution in [-0.2, 0) is 17.9 Å². The summed E-state index contributed by atoms with van der Waals surface area (Å²) in [5, 5.41) is 3.49. The van der Waals surface area contributed by atoms with Gasteiger partial charge in [0.2, 0.25) is 5.91 Å². The van der Waals surface area contributed by atoms with Crippen LogP contribution in [0.3, 0.4) is 0 Å². The minimum absolute atomic E-state index is 0.0513. The highest BCUT2D eigenvalue weighted by Gasteiger charge is 2.21. The second-order valence-corrected chi connectivity index (χ2v) is 9.04. The summed E-state index contributed by atoms with van der Waals surface area (Å²) in [5.41, 5.74) is 0.162. The third-order valence-corrected chi connectivity index (χ3v) is 6.91. The molecular formula is C26H21N3O5S. The predicted octanol–water partition coefficient (Wildman–Crippen LogP) is 4.25. The molecule has 2 aromatic carbocycles. The molecule has 176 valence electrons. The Bertz CT molecular complexity index is 1690. The van der Waals surface area contributed by atoms with E-state index in [9.17, 15) is 19.2 Å². The fraction of sp³-hybridized carbons (Fsp3) is 0.154. The number of Topliss-reactive ketones (excluding diaryl/α,β-unsaturated/α-hetero) is 1. The average molecular weight is 488 g/mol. The number of hydrogen-bond acceptors (Lipinski definition) is 6. The Labute approximate surface area is 203 Å². The predicted molar refractivity (Wildman–Crippen MR) is 135 cm³/mol. The van der Waals surface area contributed by atoms with Gasteiger partial charge in [0.05, 0.1) is 24.0 Å². The number of anilines is 1. The summed E-state index contributed by atoms with van der Waals surface area (Å²) < 4.78 is 8.97. The summed E-state index contributed by atoms with van der Waals surface area (Å²) in [5.74, 6) is -0.132. The number of aromatic nitrogens is 2. The SMILES string of the molecule is CCC(=O)c1ccccc1NC(=O)Cn1c(=O)n(Cc2ccco2)c(=O)c2sc3ccccc3c21. The molecule has 1 amide bonds. The fourth-order valence-corrected chi connectivity index (χ4v) is 5.25. The van der Waals surface area contributed by atoms with Gasteiger partial charge < -0.3 is 9.73 Å². The molecule has 0 saturated heterocycles. The first kappa shape index (κ1) is 22.5. The molecule has 8 nitrogen and oxygen atoms in total. The first-order chi connectivity index (χ1) is 17.0. The Morgan fingerprint density at radius 2 is 1.74 bits per heavy atom. The molecule has 0 fully saturated rings. The third kappa shape index (κ3) is 4.10. The van der Waals surface area contributed by atoms with Crippen molar-refractivity contribution in [3.05, 3.63) is 99.1 Å². The van der Waals surface area contributed by atoms with Gasteiger partial charge in [0.25, 0.3) is 5.56 Å². The number of carbonyl (C=O) groups excluding carboxylic acids is 2. The number of nitrogens with one attached hydrogen (secondary N) is 1. The van der Waals surface area contributed by atoms with Gasteiger partial charge in [-0.25, -0.2) is 4.79 Å². The van der Waals surface area contributed by atoms with Gasteiger partial charge in [-0.15, -0.1) is 11.3 Å². The van der Waals surface area contributed by atoms with E-state index in [1.54, 1.807) is 43.3 Å². The van der Waals surface area contributed by atoms with Crippen LogP contribution in [0.25, 0.3) is 20.3 Å². The standard InChI is InChI=1S/C26H21N3O5S/c1-2-20(30)17-9-3-5-11-19(17)27-22(31)15-28-23-18-10-4-6-12-21(18)35-24(23)25(32)29(26(28)33)14-16-8-7-13-34-16/h3-13H,2,14-15H2,1H3,(H,27,31). The van der Waals surface area contributed by atoms with E-state index in [4.69, 9.17) is 4.42 Å². The van der Waals surface area contributed by atoms with E-state index in [-0.39, 0.29) is 18.9 Å². The first-order valence-corrected chi connectivity index (χ1v) is 11.9. The maximum absolute atomic E-state index is 13.5. The molecular weight excluding hydrogens is 466 g/mol. The Hall–Kier alpha value is -4.24. The number of benzene rings is 2. The van der Waals surface area contributed by atoms with Crippen LogP contribution in [-0.4, -0.2) is 20.8 Å². The second-order valence-electron chi connectivity index (χ2n) is 7.99. The molecule has 0 aliphatic rings. The number of ketones is 1. The maximum Gasteiger partial charge on any atom is 0.332 e. The van der Waals surface area contributed by atoms with Crippen LogP contribution in [0.1, 0.15) is 29.5 Å². The van der Waals surface area contributed by atoms with Crippen molar-refractivity contribution in [2.75, 3.05) is 5.32 Å². The molecule has 5 aromatic rings. The van der Waals surface area contributed by atoms with Crippen molar-refractivity contribution in [2.45, 2.75) is 26.4 Å². The van der Waals surface area contributed by atoms with E-state index < -0.39 is 17.2 Å². The molecule has 5 rings (SSSR count). The number of hydrogen-bond donors (Lipinski definition) is 1. The molecule has 0 aliphatic carbocycles. The van der Waals surface area contributed by atoms with Crippen LogP contribution in [0.2, 0.25) is 0 Å². The number of para-hydroxylation sites is 1. The normalized spacial score (nSPS) is 11.2. The molecule has 0 atom stereocenters. The molecule has 0 unspecified atom stereocenters. The molecule has 0 spiro atoms. The van der Waals surface area contributed by atoms with E-state index in [1.807, 2.05) is 24.3 Å². The molecule has 0 radical (unpaired) electrons. The first-order valence-electron chi connectivity index (χ1n) is 11.1. The highest BCUT2D eigenvalue weighted by Crippen LogP contribution is 2.31. The van der Waals surface area contributed by atoms with Gasteiger partial charge >= 0.3 is 5.69 Å². The summed E-state index contributed by atoms with van der Waals surface area (Å²) in [6.45, 7) is 1.37. The van der Waals surface area contributed by atoms with E-state index in [2.05, 4.69) is 5.32 Å². The van der Waals surface area contributed by atoms with Crippen molar-refractivity contribution >= 4 is 49.0 Å².